The van der Waals surface area contributed by atoms with Gasteiger partial charge in [-0.2, -0.15) is 0 Å². The second kappa shape index (κ2) is 9.49. The molecule has 0 saturated carbocycles. The van der Waals surface area contributed by atoms with Crippen LogP contribution in [0.1, 0.15) is 54.9 Å². The molecule has 0 aromatic heterocycles. The van der Waals surface area contributed by atoms with Crippen molar-refractivity contribution in [3.63, 3.8) is 0 Å². The van der Waals surface area contributed by atoms with E-state index in [9.17, 15) is 9.90 Å². The second-order valence-electron chi connectivity index (χ2n) is 9.82. The summed E-state index contributed by atoms with van der Waals surface area (Å²) >= 11 is 0. The van der Waals surface area contributed by atoms with Gasteiger partial charge in [-0.15, -0.1) is 0 Å². The van der Waals surface area contributed by atoms with Crippen LogP contribution >= 0.6 is 0 Å². The summed E-state index contributed by atoms with van der Waals surface area (Å²) in [5.41, 5.74) is 3.63. The SMILES string of the molecule is CC(C)c1ccc(NC(=O)C2(Cc3ccc(N(C)C)cc3)CCCc3c(O)ccc(F)c32)cc1. The van der Waals surface area contributed by atoms with Crippen LogP contribution in [0.5, 0.6) is 5.75 Å². The average molecular weight is 461 g/mol. The third kappa shape index (κ3) is 4.52. The Morgan fingerprint density at radius 2 is 1.74 bits per heavy atom. The highest BCUT2D eigenvalue weighted by molar-refractivity contribution is 6.00. The number of carbonyl (C=O) groups is 1. The van der Waals surface area contributed by atoms with Crippen molar-refractivity contribution in [3.8, 4) is 5.75 Å². The number of carbonyl (C=O) groups excluding carboxylic acids is 1. The van der Waals surface area contributed by atoms with Crippen molar-refractivity contribution in [1.82, 2.24) is 0 Å². The van der Waals surface area contributed by atoms with E-state index in [4.69, 9.17) is 0 Å². The van der Waals surface area contributed by atoms with Gasteiger partial charge in [0.05, 0.1) is 5.41 Å². The highest BCUT2D eigenvalue weighted by Crippen LogP contribution is 2.45. The van der Waals surface area contributed by atoms with Gasteiger partial charge in [0.1, 0.15) is 11.6 Å². The molecule has 0 saturated heterocycles. The van der Waals surface area contributed by atoms with Gasteiger partial charge in [0.2, 0.25) is 5.91 Å². The molecule has 4 nitrogen and oxygen atoms in total. The van der Waals surface area contributed by atoms with Gasteiger partial charge < -0.3 is 15.3 Å². The number of phenolic OH excluding ortho intramolecular Hbond substituents is 1. The maximum absolute atomic E-state index is 15.4. The van der Waals surface area contributed by atoms with Crippen LogP contribution in [0.4, 0.5) is 15.8 Å². The van der Waals surface area contributed by atoms with E-state index in [2.05, 4.69) is 19.2 Å². The van der Waals surface area contributed by atoms with Crippen molar-refractivity contribution < 1.29 is 14.3 Å². The lowest BCUT2D eigenvalue weighted by Crippen LogP contribution is -2.45. The van der Waals surface area contributed by atoms with E-state index in [0.29, 0.717) is 48.4 Å². The van der Waals surface area contributed by atoms with Gasteiger partial charge in [0.25, 0.3) is 0 Å². The summed E-state index contributed by atoms with van der Waals surface area (Å²) in [6, 6.07) is 18.5. The topological polar surface area (TPSA) is 52.6 Å². The zero-order chi connectivity index (χ0) is 24.5. The van der Waals surface area contributed by atoms with Gasteiger partial charge in [0, 0.05) is 36.6 Å². The van der Waals surface area contributed by atoms with Crippen molar-refractivity contribution in [2.75, 3.05) is 24.3 Å². The van der Waals surface area contributed by atoms with Crippen LogP contribution in [0, 0.1) is 5.82 Å². The van der Waals surface area contributed by atoms with E-state index in [0.717, 1.165) is 11.3 Å². The first-order valence-corrected chi connectivity index (χ1v) is 11.9. The number of benzene rings is 3. The monoisotopic (exact) mass is 460 g/mol. The summed E-state index contributed by atoms with van der Waals surface area (Å²) in [5.74, 6) is -0.240. The standard InChI is InChI=1S/C29H33FN2O2/c1-19(2)21-9-11-22(12-10-21)31-28(34)29(18-20-7-13-23(14-8-20)32(3)4)17-5-6-24-26(33)16-15-25(30)27(24)29/h7-16,19,33H,5-6,17-18H2,1-4H3,(H,31,34). The van der Waals surface area contributed by atoms with Crippen LogP contribution in [-0.4, -0.2) is 25.1 Å². The van der Waals surface area contributed by atoms with E-state index in [1.807, 2.05) is 67.5 Å². The summed E-state index contributed by atoms with van der Waals surface area (Å²) in [4.78, 5) is 16.0. The van der Waals surface area contributed by atoms with Crippen LogP contribution < -0.4 is 10.2 Å². The zero-order valence-electron chi connectivity index (χ0n) is 20.4. The molecule has 0 fully saturated rings. The molecule has 0 bridgehead atoms. The van der Waals surface area contributed by atoms with Gasteiger partial charge in [-0.3, -0.25) is 4.79 Å². The predicted octanol–water partition coefficient (Wildman–Crippen LogP) is 6.18. The number of hydrogen-bond acceptors (Lipinski definition) is 3. The van der Waals surface area contributed by atoms with E-state index < -0.39 is 11.2 Å². The molecule has 5 heteroatoms. The number of rotatable bonds is 6. The molecule has 3 aromatic carbocycles. The van der Waals surface area contributed by atoms with Gasteiger partial charge >= 0.3 is 0 Å². The minimum atomic E-state index is -1.12. The molecule has 4 rings (SSSR count). The Morgan fingerprint density at radius 1 is 1.06 bits per heavy atom. The maximum atomic E-state index is 15.4. The first-order valence-electron chi connectivity index (χ1n) is 11.9. The molecule has 178 valence electrons. The van der Waals surface area contributed by atoms with Crippen molar-refractivity contribution in [3.05, 3.63) is 88.7 Å². The number of phenols is 1. The first kappa shape index (κ1) is 23.8. The van der Waals surface area contributed by atoms with Crippen molar-refractivity contribution >= 4 is 17.3 Å². The van der Waals surface area contributed by atoms with Crippen molar-refractivity contribution in [2.24, 2.45) is 0 Å². The van der Waals surface area contributed by atoms with Gasteiger partial charge in [-0.25, -0.2) is 4.39 Å². The predicted molar refractivity (Wildman–Crippen MR) is 136 cm³/mol. The Morgan fingerprint density at radius 3 is 2.35 bits per heavy atom. The molecule has 0 heterocycles. The minimum Gasteiger partial charge on any atom is -0.508 e. The number of nitrogens with zero attached hydrogens (tertiary/aromatic N) is 1. The Bertz CT molecular complexity index is 1170. The molecular weight excluding hydrogens is 427 g/mol. The van der Waals surface area contributed by atoms with Crippen LogP contribution in [0.25, 0.3) is 0 Å². The van der Waals surface area contributed by atoms with Crippen LogP contribution in [0.2, 0.25) is 0 Å². The first-order chi connectivity index (χ1) is 16.2. The molecule has 1 amide bonds. The van der Waals surface area contributed by atoms with Crippen molar-refractivity contribution in [1.29, 1.82) is 0 Å². The van der Waals surface area contributed by atoms with E-state index in [-0.39, 0.29) is 11.7 Å². The zero-order valence-corrected chi connectivity index (χ0v) is 20.4. The van der Waals surface area contributed by atoms with Gasteiger partial charge in [-0.1, -0.05) is 38.1 Å². The maximum Gasteiger partial charge on any atom is 0.235 e. The molecule has 34 heavy (non-hydrogen) atoms. The van der Waals surface area contributed by atoms with Gasteiger partial charge in [0.15, 0.2) is 0 Å². The molecule has 0 radical (unpaired) electrons. The second-order valence-corrected chi connectivity index (χ2v) is 9.82. The molecular formula is C29H33FN2O2. The van der Waals surface area contributed by atoms with E-state index >= 15 is 4.39 Å². The average Bonchev–Trinajstić information content (AvgIpc) is 2.82. The number of fused-ring (bicyclic) bond motifs is 1. The Hall–Kier alpha value is -3.34. The molecule has 1 aliphatic carbocycles. The van der Waals surface area contributed by atoms with Gasteiger partial charge in [-0.05, 0) is 79.1 Å². The highest BCUT2D eigenvalue weighted by atomic mass is 19.1. The fourth-order valence-electron chi connectivity index (χ4n) is 5.02. The van der Waals surface area contributed by atoms with Crippen molar-refractivity contribution in [2.45, 2.75) is 50.9 Å². The van der Waals surface area contributed by atoms with E-state index in [1.165, 1.54) is 17.7 Å². The summed E-state index contributed by atoms with van der Waals surface area (Å²) < 4.78 is 15.4. The minimum absolute atomic E-state index is 0.0533. The number of aromatic hydroxyl groups is 1. The van der Waals surface area contributed by atoms with Crippen LogP contribution in [0.15, 0.2) is 60.7 Å². The number of halogens is 1. The number of nitrogens with one attached hydrogen (secondary N) is 1. The fourth-order valence-corrected chi connectivity index (χ4v) is 5.02. The summed E-state index contributed by atoms with van der Waals surface area (Å²) in [6.07, 6.45) is 2.10. The van der Waals surface area contributed by atoms with Crippen LogP contribution in [0.3, 0.4) is 0 Å². The third-order valence-corrected chi connectivity index (χ3v) is 6.97. The lowest BCUT2D eigenvalue weighted by molar-refractivity contribution is -0.122. The largest absolute Gasteiger partial charge is 0.508 e. The molecule has 1 atom stereocenters. The molecule has 0 spiro atoms. The highest BCUT2D eigenvalue weighted by Gasteiger charge is 2.46. The summed E-state index contributed by atoms with van der Waals surface area (Å²) in [7, 11) is 3.95. The fraction of sp³-hybridized carbons (Fsp3) is 0.345. The normalized spacial score (nSPS) is 17.4. The molecule has 1 aliphatic rings. The Kier molecular flexibility index (Phi) is 6.65. The Balaban J connectivity index is 1.76. The quantitative estimate of drug-likeness (QED) is 0.462. The Labute approximate surface area is 201 Å². The number of anilines is 2. The molecule has 2 N–H and O–H groups in total. The molecule has 3 aromatic rings. The molecule has 1 unspecified atom stereocenters. The smallest absolute Gasteiger partial charge is 0.235 e. The lowest BCUT2D eigenvalue weighted by Gasteiger charge is -2.38. The number of amides is 1. The third-order valence-electron chi connectivity index (χ3n) is 6.97. The van der Waals surface area contributed by atoms with Crippen LogP contribution in [-0.2, 0) is 23.1 Å². The molecule has 0 aliphatic heterocycles. The summed E-state index contributed by atoms with van der Waals surface area (Å²) in [5, 5.41) is 13.6. The lowest BCUT2D eigenvalue weighted by atomic mass is 9.65. The summed E-state index contributed by atoms with van der Waals surface area (Å²) in [6.45, 7) is 4.25. The number of hydrogen-bond donors (Lipinski definition) is 2. The van der Waals surface area contributed by atoms with E-state index in [1.54, 1.807) is 0 Å².